The van der Waals surface area contributed by atoms with Gasteiger partial charge in [0.25, 0.3) is 0 Å². The molecule has 0 spiro atoms. The number of Topliss-reactive ketones (excluding diaryl/α,β-unsaturated/α-hetero) is 1. The maximum Gasteiger partial charge on any atom is 0.309 e. The molecule has 1 saturated heterocycles. The van der Waals surface area contributed by atoms with Crippen LogP contribution in [-0.2, 0) is 14.3 Å². The first kappa shape index (κ1) is 5.89. The summed E-state index contributed by atoms with van der Waals surface area (Å²) in [4.78, 5) is 21.8. The van der Waals surface area contributed by atoms with E-state index in [-0.39, 0.29) is 23.6 Å². The predicted molar refractivity (Wildman–Crippen MR) is 32.2 cm³/mol. The second kappa shape index (κ2) is 1.81. The highest BCUT2D eigenvalue weighted by atomic mass is 16.5. The molecule has 2 fully saturated rings. The molecule has 2 atom stereocenters. The maximum absolute atomic E-state index is 11.0. The maximum atomic E-state index is 11.0. The largest absolute Gasteiger partial charge is 0.465 e. The molecule has 0 amide bonds. The number of ketones is 1. The summed E-state index contributed by atoms with van der Waals surface area (Å²) in [6.45, 7) is 0.336. The van der Waals surface area contributed by atoms with Crippen LogP contribution in [0.4, 0.5) is 0 Å². The van der Waals surface area contributed by atoms with Crippen molar-refractivity contribution >= 4 is 11.8 Å². The third kappa shape index (κ3) is 0.602. The molecule has 2 rings (SSSR count). The van der Waals surface area contributed by atoms with Crippen LogP contribution in [0.1, 0.15) is 12.8 Å². The van der Waals surface area contributed by atoms with Crippen molar-refractivity contribution in [1.82, 2.24) is 0 Å². The van der Waals surface area contributed by atoms with Gasteiger partial charge in [-0.05, 0) is 6.42 Å². The zero-order valence-electron chi connectivity index (χ0n) is 5.50. The van der Waals surface area contributed by atoms with Crippen LogP contribution in [-0.4, -0.2) is 18.4 Å². The fourth-order valence-electron chi connectivity index (χ4n) is 1.68. The monoisotopic (exact) mass is 140 g/mol. The van der Waals surface area contributed by atoms with Crippen molar-refractivity contribution in [2.75, 3.05) is 6.61 Å². The Morgan fingerprint density at radius 2 is 2.10 bits per heavy atom. The van der Waals surface area contributed by atoms with E-state index in [9.17, 15) is 9.59 Å². The molecule has 2 aliphatic rings. The Labute approximate surface area is 58.4 Å². The molecule has 0 aromatic heterocycles. The third-order valence-electron chi connectivity index (χ3n) is 2.31. The van der Waals surface area contributed by atoms with E-state index in [0.29, 0.717) is 19.4 Å². The fourth-order valence-corrected chi connectivity index (χ4v) is 1.68. The average Bonchev–Trinajstić information content (AvgIpc) is 2.41. The van der Waals surface area contributed by atoms with Gasteiger partial charge in [-0.2, -0.15) is 0 Å². The first-order chi connectivity index (χ1) is 4.79. The van der Waals surface area contributed by atoms with E-state index >= 15 is 0 Å². The van der Waals surface area contributed by atoms with Gasteiger partial charge in [-0.25, -0.2) is 0 Å². The lowest BCUT2D eigenvalue weighted by molar-refractivity contribution is -0.141. The minimum Gasteiger partial charge on any atom is -0.465 e. The summed E-state index contributed by atoms with van der Waals surface area (Å²) in [6.07, 6.45) is 1.28. The van der Waals surface area contributed by atoms with Gasteiger partial charge in [0, 0.05) is 6.42 Å². The Bertz CT molecular complexity index is 175. The zero-order chi connectivity index (χ0) is 7.14. The third-order valence-corrected chi connectivity index (χ3v) is 2.31. The van der Waals surface area contributed by atoms with Gasteiger partial charge in [-0.1, -0.05) is 0 Å². The molecular weight excluding hydrogens is 132 g/mol. The number of carbonyl (C=O) groups excluding carboxylic acids is 2. The topological polar surface area (TPSA) is 43.4 Å². The number of ether oxygens (including phenoxy) is 1. The highest BCUT2D eigenvalue weighted by molar-refractivity contribution is 5.92. The highest BCUT2D eigenvalue weighted by Gasteiger charge is 2.45. The van der Waals surface area contributed by atoms with Gasteiger partial charge >= 0.3 is 5.97 Å². The second-order valence-electron chi connectivity index (χ2n) is 2.85. The van der Waals surface area contributed by atoms with E-state index in [1.807, 2.05) is 0 Å². The summed E-state index contributed by atoms with van der Waals surface area (Å²) >= 11 is 0. The number of hydrogen-bond donors (Lipinski definition) is 0. The van der Waals surface area contributed by atoms with Crippen LogP contribution >= 0.6 is 0 Å². The van der Waals surface area contributed by atoms with Crippen molar-refractivity contribution in [2.45, 2.75) is 12.8 Å². The number of esters is 1. The second-order valence-corrected chi connectivity index (χ2v) is 2.85. The molecule has 1 heterocycles. The van der Waals surface area contributed by atoms with E-state index in [1.165, 1.54) is 0 Å². The lowest BCUT2D eigenvalue weighted by Gasteiger charge is -1.96. The van der Waals surface area contributed by atoms with Crippen molar-refractivity contribution in [3.8, 4) is 0 Å². The van der Waals surface area contributed by atoms with Crippen LogP contribution < -0.4 is 0 Å². The molecule has 1 saturated carbocycles. The van der Waals surface area contributed by atoms with Crippen molar-refractivity contribution < 1.29 is 14.3 Å². The van der Waals surface area contributed by atoms with Crippen LogP contribution in [0.3, 0.4) is 0 Å². The molecule has 0 unspecified atom stereocenters. The van der Waals surface area contributed by atoms with Gasteiger partial charge in [0.15, 0.2) is 0 Å². The van der Waals surface area contributed by atoms with E-state index in [4.69, 9.17) is 4.74 Å². The smallest absolute Gasteiger partial charge is 0.309 e. The Kier molecular flexibility index (Phi) is 1.07. The van der Waals surface area contributed by atoms with Gasteiger partial charge in [0.1, 0.15) is 12.4 Å². The normalized spacial score (nSPS) is 38.0. The molecule has 54 valence electrons. The molecule has 0 bridgehead atoms. The summed E-state index contributed by atoms with van der Waals surface area (Å²) in [7, 11) is 0. The minimum atomic E-state index is -0.171. The van der Waals surface area contributed by atoms with Crippen LogP contribution in [0.2, 0.25) is 0 Å². The van der Waals surface area contributed by atoms with Gasteiger partial charge in [-0.3, -0.25) is 9.59 Å². The number of rotatable bonds is 0. The van der Waals surface area contributed by atoms with Crippen molar-refractivity contribution in [3.05, 3.63) is 0 Å². The summed E-state index contributed by atoms with van der Waals surface area (Å²) in [5.74, 6) is -0.147. The van der Waals surface area contributed by atoms with Crippen molar-refractivity contribution in [2.24, 2.45) is 11.8 Å². The number of hydrogen-bond acceptors (Lipinski definition) is 3. The standard InChI is InChI=1S/C7H8O3/c8-6-2-1-4-5(6)3-10-7(4)9/h4-5H,1-3H2/t4-,5-/m1/s1. The Morgan fingerprint density at radius 3 is 2.80 bits per heavy atom. The van der Waals surface area contributed by atoms with Crippen LogP contribution in [0.25, 0.3) is 0 Å². The van der Waals surface area contributed by atoms with Crippen LogP contribution in [0.15, 0.2) is 0 Å². The molecule has 0 aromatic carbocycles. The van der Waals surface area contributed by atoms with Crippen LogP contribution in [0, 0.1) is 11.8 Å². The molecule has 0 N–H and O–H groups in total. The first-order valence-electron chi connectivity index (χ1n) is 3.48. The quantitative estimate of drug-likeness (QED) is 0.449. The van der Waals surface area contributed by atoms with Gasteiger partial charge in [0.2, 0.25) is 0 Å². The Morgan fingerprint density at radius 1 is 1.30 bits per heavy atom. The lowest BCUT2D eigenvalue weighted by Crippen LogP contribution is -2.13. The number of cyclic esters (lactones) is 1. The minimum absolute atomic E-state index is 0.0903. The molecule has 0 aromatic rings. The summed E-state index contributed by atoms with van der Waals surface area (Å²) < 4.78 is 4.73. The molecule has 10 heavy (non-hydrogen) atoms. The molecule has 1 aliphatic heterocycles. The SMILES string of the molecule is O=C1CC[C@H]2C(=O)OC[C@@H]12. The molecule has 1 aliphatic carbocycles. The molecule has 3 nitrogen and oxygen atoms in total. The molecular formula is C7H8O3. The summed E-state index contributed by atoms with van der Waals surface area (Å²) in [5.41, 5.74) is 0. The first-order valence-corrected chi connectivity index (χ1v) is 3.48. The van der Waals surface area contributed by atoms with Crippen molar-refractivity contribution in [3.63, 3.8) is 0 Å². The molecule has 0 radical (unpaired) electrons. The lowest BCUT2D eigenvalue weighted by atomic mass is 10.00. The average molecular weight is 140 g/mol. The van der Waals surface area contributed by atoms with E-state index in [2.05, 4.69) is 0 Å². The highest BCUT2D eigenvalue weighted by Crippen LogP contribution is 2.34. The number of carbonyl (C=O) groups is 2. The van der Waals surface area contributed by atoms with Crippen molar-refractivity contribution in [1.29, 1.82) is 0 Å². The van der Waals surface area contributed by atoms with E-state index in [1.54, 1.807) is 0 Å². The van der Waals surface area contributed by atoms with Gasteiger partial charge in [-0.15, -0.1) is 0 Å². The molecule has 3 heteroatoms. The summed E-state index contributed by atoms with van der Waals surface area (Å²) in [6, 6.07) is 0. The van der Waals surface area contributed by atoms with Crippen LogP contribution in [0.5, 0.6) is 0 Å². The summed E-state index contributed by atoms with van der Waals surface area (Å²) in [5, 5.41) is 0. The fraction of sp³-hybridized carbons (Fsp3) is 0.714. The number of fused-ring (bicyclic) bond motifs is 1. The Balaban J connectivity index is 2.24. The zero-order valence-corrected chi connectivity index (χ0v) is 5.50. The van der Waals surface area contributed by atoms with Gasteiger partial charge in [0.05, 0.1) is 11.8 Å². The van der Waals surface area contributed by atoms with Gasteiger partial charge < -0.3 is 4.74 Å². The van der Waals surface area contributed by atoms with E-state index < -0.39 is 0 Å². The Hall–Kier alpha value is -0.860. The van der Waals surface area contributed by atoms with E-state index in [0.717, 1.165) is 0 Å². The predicted octanol–water partition coefficient (Wildman–Crippen LogP) is 0.138.